The minimum absolute atomic E-state index is 0.262. The highest BCUT2D eigenvalue weighted by Gasteiger charge is 2.51. The van der Waals surface area contributed by atoms with E-state index in [1.165, 1.54) is 5.56 Å². The van der Waals surface area contributed by atoms with Crippen molar-refractivity contribution in [3.63, 3.8) is 0 Å². The Morgan fingerprint density at radius 1 is 1.39 bits per heavy atom. The quantitative estimate of drug-likeness (QED) is 0.842. The Morgan fingerprint density at radius 2 is 2.00 bits per heavy atom. The molecule has 1 aliphatic rings. The third-order valence-corrected chi connectivity index (χ3v) is 3.91. The molecule has 0 radical (unpaired) electrons. The molecule has 3 heteroatoms. The summed E-state index contributed by atoms with van der Waals surface area (Å²) >= 11 is 0. The van der Waals surface area contributed by atoms with E-state index in [-0.39, 0.29) is 6.10 Å². The molecule has 18 heavy (non-hydrogen) atoms. The Bertz CT molecular complexity index is 418. The lowest BCUT2D eigenvalue weighted by atomic mass is 9.94. The van der Waals surface area contributed by atoms with Gasteiger partial charge in [0, 0.05) is 7.11 Å². The molecule has 0 spiro atoms. The van der Waals surface area contributed by atoms with Gasteiger partial charge in [-0.1, -0.05) is 24.3 Å². The second kappa shape index (κ2) is 5.11. The number of aliphatic carboxylic acids is 1. The van der Waals surface area contributed by atoms with Crippen LogP contribution in [0.25, 0.3) is 0 Å². The van der Waals surface area contributed by atoms with Crippen LogP contribution in [0.15, 0.2) is 24.3 Å². The summed E-state index contributed by atoms with van der Waals surface area (Å²) in [4.78, 5) is 11.2. The maximum Gasteiger partial charge on any atom is 0.314 e. The van der Waals surface area contributed by atoms with Crippen LogP contribution in [0, 0.1) is 0 Å². The Kier molecular flexibility index (Phi) is 3.71. The molecule has 0 heterocycles. The standard InChI is InChI=1S/C15H20O3/c1-11(18-2)3-4-12-5-7-13(8-6-12)15(9-10-15)14(16)17/h5-8,11H,3-4,9-10H2,1-2H3,(H,16,17). The van der Waals surface area contributed by atoms with Crippen LogP contribution < -0.4 is 0 Å². The number of methoxy groups -OCH3 is 1. The predicted octanol–water partition coefficient (Wildman–Crippen LogP) is 2.77. The lowest BCUT2D eigenvalue weighted by molar-refractivity contribution is -0.140. The maximum absolute atomic E-state index is 11.2. The molecule has 1 N–H and O–H groups in total. The van der Waals surface area contributed by atoms with E-state index in [9.17, 15) is 9.90 Å². The second-order valence-corrected chi connectivity index (χ2v) is 5.17. The topological polar surface area (TPSA) is 46.5 Å². The van der Waals surface area contributed by atoms with Crippen LogP contribution in [0.4, 0.5) is 0 Å². The fourth-order valence-corrected chi connectivity index (χ4v) is 2.23. The summed E-state index contributed by atoms with van der Waals surface area (Å²) in [7, 11) is 1.72. The highest BCUT2D eigenvalue weighted by Crippen LogP contribution is 2.48. The maximum atomic E-state index is 11.2. The number of rotatable bonds is 6. The molecule has 1 aliphatic carbocycles. The zero-order valence-corrected chi connectivity index (χ0v) is 11.0. The predicted molar refractivity (Wildman–Crippen MR) is 69.8 cm³/mol. The van der Waals surface area contributed by atoms with Crippen LogP contribution >= 0.6 is 0 Å². The molecule has 1 atom stereocenters. The van der Waals surface area contributed by atoms with Gasteiger partial charge in [0.15, 0.2) is 0 Å². The van der Waals surface area contributed by atoms with Crippen molar-refractivity contribution >= 4 is 5.97 Å². The summed E-state index contributed by atoms with van der Waals surface area (Å²) in [6.45, 7) is 2.05. The minimum atomic E-state index is -0.691. The molecule has 2 rings (SSSR count). The first kappa shape index (κ1) is 13.1. The van der Waals surface area contributed by atoms with Crippen molar-refractivity contribution in [1.82, 2.24) is 0 Å². The fraction of sp³-hybridized carbons (Fsp3) is 0.533. The molecule has 1 saturated carbocycles. The molecule has 98 valence electrons. The molecule has 0 amide bonds. The lowest BCUT2D eigenvalue weighted by Gasteiger charge is -2.12. The van der Waals surface area contributed by atoms with Gasteiger partial charge in [-0.15, -0.1) is 0 Å². The molecule has 0 aromatic heterocycles. The first-order valence-electron chi connectivity index (χ1n) is 6.44. The fourth-order valence-electron chi connectivity index (χ4n) is 2.23. The largest absolute Gasteiger partial charge is 0.481 e. The highest BCUT2D eigenvalue weighted by atomic mass is 16.5. The molecular weight excluding hydrogens is 228 g/mol. The van der Waals surface area contributed by atoms with E-state index in [1.54, 1.807) is 7.11 Å². The molecule has 3 nitrogen and oxygen atoms in total. The SMILES string of the molecule is COC(C)CCc1ccc(C2(C(=O)O)CC2)cc1. The Labute approximate surface area is 108 Å². The summed E-state index contributed by atoms with van der Waals surface area (Å²) in [5.41, 5.74) is 1.60. The van der Waals surface area contributed by atoms with Crippen LogP contribution in [0.3, 0.4) is 0 Å². The van der Waals surface area contributed by atoms with Gasteiger partial charge < -0.3 is 9.84 Å². The van der Waals surface area contributed by atoms with Gasteiger partial charge in [-0.05, 0) is 43.7 Å². The lowest BCUT2D eigenvalue weighted by Crippen LogP contribution is -2.19. The number of hydrogen-bond donors (Lipinski definition) is 1. The van der Waals surface area contributed by atoms with Crippen molar-refractivity contribution in [2.45, 2.75) is 44.1 Å². The van der Waals surface area contributed by atoms with Gasteiger partial charge in [0.05, 0.1) is 11.5 Å². The molecular formula is C15H20O3. The van der Waals surface area contributed by atoms with Gasteiger partial charge >= 0.3 is 5.97 Å². The molecule has 1 aromatic carbocycles. The highest BCUT2D eigenvalue weighted by molar-refractivity contribution is 5.84. The molecule has 0 aliphatic heterocycles. The molecule has 0 saturated heterocycles. The van der Waals surface area contributed by atoms with Crippen molar-refractivity contribution in [2.75, 3.05) is 7.11 Å². The zero-order chi connectivity index (χ0) is 13.2. The van der Waals surface area contributed by atoms with Gasteiger partial charge in [0.1, 0.15) is 0 Å². The van der Waals surface area contributed by atoms with Gasteiger partial charge in [0.25, 0.3) is 0 Å². The number of aryl methyl sites for hydroxylation is 1. The number of carboxylic acids is 1. The van der Waals surface area contributed by atoms with Gasteiger partial charge in [0.2, 0.25) is 0 Å². The number of carbonyl (C=O) groups is 1. The molecule has 1 unspecified atom stereocenters. The Hall–Kier alpha value is -1.35. The first-order valence-corrected chi connectivity index (χ1v) is 6.44. The average molecular weight is 248 g/mol. The van der Waals surface area contributed by atoms with Crippen molar-refractivity contribution < 1.29 is 14.6 Å². The van der Waals surface area contributed by atoms with Crippen molar-refractivity contribution in [3.8, 4) is 0 Å². The van der Waals surface area contributed by atoms with E-state index in [4.69, 9.17) is 4.74 Å². The van der Waals surface area contributed by atoms with Gasteiger partial charge in [-0.3, -0.25) is 4.79 Å². The number of carboxylic acid groups (broad SMARTS) is 1. The van der Waals surface area contributed by atoms with Crippen molar-refractivity contribution in [2.24, 2.45) is 0 Å². The average Bonchev–Trinajstić information content (AvgIpc) is 3.18. The molecule has 0 bridgehead atoms. The second-order valence-electron chi connectivity index (χ2n) is 5.17. The molecule has 1 aromatic rings. The third kappa shape index (κ3) is 2.56. The summed E-state index contributed by atoms with van der Waals surface area (Å²) in [5.74, 6) is -0.691. The minimum Gasteiger partial charge on any atom is -0.481 e. The number of ether oxygens (including phenoxy) is 1. The van der Waals surface area contributed by atoms with Gasteiger partial charge in [-0.2, -0.15) is 0 Å². The zero-order valence-electron chi connectivity index (χ0n) is 11.0. The summed E-state index contributed by atoms with van der Waals surface area (Å²) < 4.78 is 5.21. The summed E-state index contributed by atoms with van der Waals surface area (Å²) in [5, 5.41) is 9.22. The Morgan fingerprint density at radius 3 is 2.44 bits per heavy atom. The first-order chi connectivity index (χ1) is 8.58. The smallest absolute Gasteiger partial charge is 0.314 e. The molecule has 1 fully saturated rings. The van der Waals surface area contributed by atoms with E-state index < -0.39 is 11.4 Å². The monoisotopic (exact) mass is 248 g/mol. The number of benzene rings is 1. The third-order valence-electron chi connectivity index (χ3n) is 3.91. The summed E-state index contributed by atoms with van der Waals surface area (Å²) in [6, 6.07) is 8.02. The summed E-state index contributed by atoms with van der Waals surface area (Å²) in [6.07, 6.45) is 3.75. The van der Waals surface area contributed by atoms with Crippen LogP contribution in [-0.4, -0.2) is 24.3 Å². The van der Waals surface area contributed by atoms with E-state index in [0.717, 1.165) is 31.2 Å². The van der Waals surface area contributed by atoms with Crippen molar-refractivity contribution in [1.29, 1.82) is 0 Å². The van der Waals surface area contributed by atoms with E-state index in [2.05, 4.69) is 6.92 Å². The van der Waals surface area contributed by atoms with Crippen molar-refractivity contribution in [3.05, 3.63) is 35.4 Å². The van der Waals surface area contributed by atoms with Crippen LogP contribution in [0.2, 0.25) is 0 Å². The van der Waals surface area contributed by atoms with Crippen LogP contribution in [-0.2, 0) is 21.4 Å². The van der Waals surface area contributed by atoms with Crippen LogP contribution in [0.5, 0.6) is 0 Å². The Balaban J connectivity index is 2.00. The van der Waals surface area contributed by atoms with E-state index in [0.29, 0.717) is 0 Å². The van der Waals surface area contributed by atoms with E-state index >= 15 is 0 Å². The van der Waals surface area contributed by atoms with Gasteiger partial charge in [-0.25, -0.2) is 0 Å². The van der Waals surface area contributed by atoms with E-state index in [1.807, 2.05) is 24.3 Å². The normalized spacial score (nSPS) is 18.3. The van der Waals surface area contributed by atoms with Crippen LogP contribution in [0.1, 0.15) is 37.3 Å². The number of hydrogen-bond acceptors (Lipinski definition) is 2.